The number of fused-ring (bicyclic) bond motifs is 1. The summed E-state index contributed by atoms with van der Waals surface area (Å²) in [5.41, 5.74) is 0.924. The Morgan fingerprint density at radius 2 is 1.83 bits per heavy atom. The number of rotatable bonds is 3. The number of likely N-dealkylation sites (tertiary alicyclic amines) is 2. The monoisotopic (exact) mass is 388 g/mol. The van der Waals surface area contributed by atoms with Crippen LogP contribution in [-0.4, -0.2) is 49.2 Å². The Morgan fingerprint density at radius 1 is 1.12 bits per heavy atom. The first kappa shape index (κ1) is 21.5. The minimum absolute atomic E-state index is 0. The van der Waals surface area contributed by atoms with Gasteiger partial charge in [-0.25, -0.2) is 4.39 Å². The molecule has 2 nitrogen and oxygen atoms in total. The third-order valence-electron chi connectivity index (χ3n) is 4.87. The van der Waals surface area contributed by atoms with Crippen molar-refractivity contribution in [3.05, 3.63) is 35.6 Å². The van der Waals surface area contributed by atoms with E-state index >= 15 is 0 Å². The maximum Gasteiger partial charge on any atom is 0.390 e. The van der Waals surface area contributed by atoms with E-state index in [4.69, 9.17) is 0 Å². The van der Waals surface area contributed by atoms with Gasteiger partial charge in [0.05, 0.1) is 6.42 Å². The second-order valence-electron chi connectivity index (χ2n) is 6.49. The van der Waals surface area contributed by atoms with Crippen LogP contribution < -0.4 is 0 Å². The smallest absolute Gasteiger partial charge is 0.302 e. The number of hydrogen-bond acceptors (Lipinski definition) is 2. The van der Waals surface area contributed by atoms with Gasteiger partial charge in [-0.2, -0.15) is 13.2 Å². The van der Waals surface area contributed by atoms with Gasteiger partial charge in [0.15, 0.2) is 0 Å². The second kappa shape index (κ2) is 8.21. The van der Waals surface area contributed by atoms with Gasteiger partial charge in [0, 0.05) is 32.2 Å². The van der Waals surface area contributed by atoms with Gasteiger partial charge < -0.3 is 4.90 Å². The summed E-state index contributed by atoms with van der Waals surface area (Å²) in [7, 11) is 2.01. The maximum atomic E-state index is 13.5. The average molecular weight is 389 g/mol. The molecule has 2 aliphatic heterocycles. The van der Waals surface area contributed by atoms with Crippen molar-refractivity contribution < 1.29 is 17.6 Å². The van der Waals surface area contributed by atoms with Crippen LogP contribution in [0.2, 0.25) is 0 Å². The Labute approximate surface area is 152 Å². The molecule has 0 saturated carbocycles. The van der Waals surface area contributed by atoms with Gasteiger partial charge in [-0.05, 0) is 36.6 Å². The van der Waals surface area contributed by atoms with Crippen LogP contribution in [0.1, 0.15) is 18.0 Å². The molecule has 3 atom stereocenters. The van der Waals surface area contributed by atoms with E-state index in [1.165, 1.54) is 6.07 Å². The van der Waals surface area contributed by atoms with Crippen molar-refractivity contribution in [3.8, 4) is 0 Å². The summed E-state index contributed by atoms with van der Waals surface area (Å²) in [4.78, 5) is 4.10. The van der Waals surface area contributed by atoms with Crippen molar-refractivity contribution >= 4 is 24.8 Å². The van der Waals surface area contributed by atoms with Gasteiger partial charge in [-0.15, -0.1) is 24.8 Å². The zero-order chi connectivity index (χ0) is 15.9. The SMILES string of the molecule is CN1C[C@H]2CN(CCC(F)(F)F)C[C@H]2[C@@H]1c1cccc(F)c1.Cl.Cl. The summed E-state index contributed by atoms with van der Waals surface area (Å²) in [6, 6.07) is 6.66. The van der Waals surface area contributed by atoms with Crippen LogP contribution in [0.15, 0.2) is 24.3 Å². The molecule has 3 rings (SSSR count). The molecule has 0 aliphatic carbocycles. The van der Waals surface area contributed by atoms with Crippen LogP contribution in [0.4, 0.5) is 17.6 Å². The topological polar surface area (TPSA) is 6.48 Å². The number of benzene rings is 1. The Balaban J connectivity index is 0.00000144. The quantitative estimate of drug-likeness (QED) is 0.717. The molecule has 0 N–H and O–H groups in total. The van der Waals surface area contributed by atoms with Crippen molar-refractivity contribution in [3.63, 3.8) is 0 Å². The zero-order valence-electron chi connectivity index (χ0n) is 13.3. The Kier molecular flexibility index (Phi) is 7.35. The molecule has 0 radical (unpaired) electrons. The molecule has 2 heterocycles. The molecular formula is C16H22Cl2F4N2. The molecule has 138 valence electrons. The molecule has 0 bridgehead atoms. The van der Waals surface area contributed by atoms with E-state index in [0.717, 1.165) is 12.1 Å². The summed E-state index contributed by atoms with van der Waals surface area (Å²) in [5.74, 6) is 0.382. The molecule has 2 fully saturated rings. The van der Waals surface area contributed by atoms with E-state index in [0.29, 0.717) is 19.0 Å². The van der Waals surface area contributed by atoms with Gasteiger partial charge in [0.1, 0.15) is 5.82 Å². The fourth-order valence-corrected chi connectivity index (χ4v) is 4.01. The van der Waals surface area contributed by atoms with Gasteiger partial charge in [-0.1, -0.05) is 12.1 Å². The summed E-state index contributed by atoms with van der Waals surface area (Å²) < 4.78 is 50.6. The lowest BCUT2D eigenvalue weighted by atomic mass is 9.89. The molecule has 2 aliphatic rings. The average Bonchev–Trinajstić information content (AvgIpc) is 2.91. The second-order valence-corrected chi connectivity index (χ2v) is 6.49. The third-order valence-corrected chi connectivity index (χ3v) is 4.87. The summed E-state index contributed by atoms with van der Waals surface area (Å²) >= 11 is 0. The van der Waals surface area contributed by atoms with E-state index in [1.807, 2.05) is 18.0 Å². The van der Waals surface area contributed by atoms with E-state index in [2.05, 4.69) is 4.90 Å². The molecule has 0 amide bonds. The number of alkyl halides is 3. The molecule has 24 heavy (non-hydrogen) atoms. The van der Waals surface area contributed by atoms with E-state index in [1.54, 1.807) is 12.1 Å². The van der Waals surface area contributed by atoms with Gasteiger partial charge >= 0.3 is 6.18 Å². The first-order valence-electron chi connectivity index (χ1n) is 7.58. The highest BCUT2D eigenvalue weighted by Gasteiger charge is 2.46. The lowest BCUT2D eigenvalue weighted by Gasteiger charge is -2.27. The number of halogens is 6. The van der Waals surface area contributed by atoms with Crippen LogP contribution in [0, 0.1) is 17.7 Å². The lowest BCUT2D eigenvalue weighted by molar-refractivity contribution is -0.137. The normalized spacial score (nSPS) is 27.5. The van der Waals surface area contributed by atoms with Crippen LogP contribution in [-0.2, 0) is 0 Å². The highest BCUT2D eigenvalue weighted by molar-refractivity contribution is 5.85. The molecule has 0 unspecified atom stereocenters. The Hall–Kier alpha value is -0.560. The summed E-state index contributed by atoms with van der Waals surface area (Å²) in [5, 5.41) is 0. The van der Waals surface area contributed by atoms with Gasteiger partial charge in [-0.3, -0.25) is 4.90 Å². The predicted molar refractivity (Wildman–Crippen MR) is 90.4 cm³/mol. The molecule has 8 heteroatoms. The summed E-state index contributed by atoms with van der Waals surface area (Å²) in [6.07, 6.45) is -4.86. The summed E-state index contributed by atoms with van der Waals surface area (Å²) in [6.45, 7) is 2.29. The molecule has 2 saturated heterocycles. The molecule has 0 spiro atoms. The minimum atomic E-state index is -4.10. The molecular weight excluding hydrogens is 367 g/mol. The van der Waals surface area contributed by atoms with Crippen LogP contribution in [0.5, 0.6) is 0 Å². The first-order chi connectivity index (χ1) is 10.3. The fraction of sp³-hybridized carbons (Fsp3) is 0.625. The first-order valence-corrected chi connectivity index (χ1v) is 7.58. The van der Waals surface area contributed by atoms with Crippen LogP contribution >= 0.6 is 24.8 Å². The highest BCUT2D eigenvalue weighted by Crippen LogP contribution is 2.44. The van der Waals surface area contributed by atoms with E-state index in [9.17, 15) is 17.6 Å². The fourth-order valence-electron chi connectivity index (χ4n) is 4.01. The van der Waals surface area contributed by atoms with E-state index < -0.39 is 12.6 Å². The Morgan fingerprint density at radius 3 is 2.46 bits per heavy atom. The van der Waals surface area contributed by atoms with Crippen molar-refractivity contribution in [2.24, 2.45) is 11.8 Å². The third kappa shape index (κ3) is 4.75. The largest absolute Gasteiger partial charge is 0.390 e. The predicted octanol–water partition coefficient (Wildman–Crippen LogP) is 4.16. The lowest BCUT2D eigenvalue weighted by Crippen LogP contribution is -2.31. The molecule has 1 aromatic carbocycles. The number of nitrogens with zero attached hydrogens (tertiary/aromatic N) is 2. The maximum absolute atomic E-state index is 13.5. The van der Waals surface area contributed by atoms with E-state index in [-0.39, 0.29) is 49.1 Å². The minimum Gasteiger partial charge on any atom is -0.302 e. The molecule has 1 aromatic rings. The Bertz CT molecular complexity index is 541. The van der Waals surface area contributed by atoms with Gasteiger partial charge in [0.25, 0.3) is 0 Å². The number of hydrogen-bond donors (Lipinski definition) is 0. The molecule has 0 aromatic heterocycles. The van der Waals surface area contributed by atoms with Crippen molar-refractivity contribution in [1.82, 2.24) is 9.80 Å². The highest BCUT2D eigenvalue weighted by atomic mass is 35.5. The van der Waals surface area contributed by atoms with Crippen LogP contribution in [0.25, 0.3) is 0 Å². The van der Waals surface area contributed by atoms with Crippen LogP contribution in [0.3, 0.4) is 0 Å². The van der Waals surface area contributed by atoms with Gasteiger partial charge in [0.2, 0.25) is 0 Å². The standard InChI is InChI=1S/C16H20F4N2.2ClH/c1-21-8-12-9-22(6-5-16(18,19)20)10-14(12)15(21)11-3-2-4-13(17)7-11;;/h2-4,7,12,14-15H,5-6,8-10H2,1H3;2*1H/t12-,14+,15-;;/m0../s1. The van der Waals surface area contributed by atoms with Crippen molar-refractivity contribution in [2.75, 3.05) is 33.2 Å². The van der Waals surface area contributed by atoms with Crippen molar-refractivity contribution in [1.29, 1.82) is 0 Å². The zero-order valence-corrected chi connectivity index (χ0v) is 14.9. The van der Waals surface area contributed by atoms with Crippen molar-refractivity contribution in [2.45, 2.75) is 18.6 Å².